The van der Waals surface area contributed by atoms with E-state index in [0.717, 1.165) is 42.2 Å². The Bertz CT molecular complexity index is 839. The lowest BCUT2D eigenvalue weighted by Gasteiger charge is -2.24. The van der Waals surface area contributed by atoms with Crippen LogP contribution in [0.4, 0.5) is 0 Å². The van der Waals surface area contributed by atoms with Crippen molar-refractivity contribution in [2.45, 2.75) is 39.7 Å². The first kappa shape index (κ1) is 21.1. The number of hydrazone groups is 1. The Morgan fingerprint density at radius 3 is 2.34 bits per heavy atom. The zero-order valence-corrected chi connectivity index (χ0v) is 17.9. The third-order valence-electron chi connectivity index (χ3n) is 5.59. The summed E-state index contributed by atoms with van der Waals surface area (Å²) < 4.78 is 5.28. The van der Waals surface area contributed by atoms with Gasteiger partial charge in [-0.3, -0.25) is 4.79 Å². The van der Waals surface area contributed by atoms with Crippen molar-refractivity contribution in [2.75, 3.05) is 26.7 Å². The van der Waals surface area contributed by atoms with Gasteiger partial charge in [-0.1, -0.05) is 55.8 Å². The number of carbonyl (C=O) groups is 1. The van der Waals surface area contributed by atoms with E-state index in [4.69, 9.17) is 9.84 Å². The van der Waals surface area contributed by atoms with Gasteiger partial charge >= 0.3 is 0 Å². The van der Waals surface area contributed by atoms with Crippen molar-refractivity contribution in [1.29, 1.82) is 0 Å². The first-order valence-electron chi connectivity index (χ1n) is 10.4. The summed E-state index contributed by atoms with van der Waals surface area (Å²) in [6, 6.07) is 16.2. The summed E-state index contributed by atoms with van der Waals surface area (Å²) in [5.74, 6) is 0.880. The first-order chi connectivity index (χ1) is 14.0. The average Bonchev–Trinajstić information content (AvgIpc) is 3.20. The molecule has 0 saturated heterocycles. The fraction of sp³-hybridized carbons (Fsp3) is 0.417. The van der Waals surface area contributed by atoms with E-state index in [9.17, 15) is 4.79 Å². The highest BCUT2D eigenvalue weighted by molar-refractivity contribution is 6.03. The van der Waals surface area contributed by atoms with Crippen molar-refractivity contribution in [2.24, 2.45) is 5.10 Å². The molecule has 0 spiro atoms. The Labute approximate surface area is 174 Å². The zero-order valence-electron chi connectivity index (χ0n) is 17.9. The molecule has 0 aromatic heterocycles. The summed E-state index contributed by atoms with van der Waals surface area (Å²) in [5.41, 5.74) is 4.33. The van der Waals surface area contributed by atoms with E-state index in [0.29, 0.717) is 12.8 Å². The molecule has 1 aliphatic heterocycles. The summed E-state index contributed by atoms with van der Waals surface area (Å²) in [7, 11) is 1.66. The van der Waals surface area contributed by atoms with Crippen LogP contribution in [0, 0.1) is 6.92 Å². The van der Waals surface area contributed by atoms with Crippen LogP contribution in [0.3, 0.4) is 0 Å². The molecule has 0 radical (unpaired) electrons. The summed E-state index contributed by atoms with van der Waals surface area (Å²) in [6.45, 7) is 8.97. The predicted octanol–water partition coefficient (Wildman–Crippen LogP) is 4.41. The van der Waals surface area contributed by atoms with Crippen LogP contribution in [0.5, 0.6) is 5.75 Å². The topological polar surface area (TPSA) is 45.1 Å². The summed E-state index contributed by atoms with van der Waals surface area (Å²) in [6.07, 6.45) is 1.19. The van der Waals surface area contributed by atoms with Crippen molar-refractivity contribution in [1.82, 2.24) is 9.91 Å². The number of nitrogens with zero attached hydrogens (tertiary/aromatic N) is 3. The van der Waals surface area contributed by atoms with E-state index in [2.05, 4.69) is 49.9 Å². The highest BCUT2D eigenvalue weighted by Crippen LogP contribution is 2.34. The summed E-state index contributed by atoms with van der Waals surface area (Å²) in [4.78, 5) is 15.4. The average molecular weight is 394 g/mol. The molecule has 29 heavy (non-hydrogen) atoms. The number of methoxy groups -OCH3 is 1. The second-order valence-electron chi connectivity index (χ2n) is 7.42. The molecule has 5 nitrogen and oxygen atoms in total. The van der Waals surface area contributed by atoms with Crippen LogP contribution in [0.1, 0.15) is 49.4 Å². The van der Waals surface area contributed by atoms with Gasteiger partial charge in [-0.2, -0.15) is 5.10 Å². The number of aryl methyl sites for hydroxylation is 1. The van der Waals surface area contributed by atoms with E-state index in [1.54, 1.807) is 12.1 Å². The maximum Gasteiger partial charge on any atom is 0.244 e. The van der Waals surface area contributed by atoms with Crippen LogP contribution in [-0.2, 0) is 4.79 Å². The Kier molecular flexibility index (Phi) is 7.04. The molecule has 0 bridgehead atoms. The van der Waals surface area contributed by atoms with Gasteiger partial charge in [0.05, 0.1) is 18.9 Å². The molecule has 0 fully saturated rings. The lowest BCUT2D eigenvalue weighted by molar-refractivity contribution is -0.133. The Morgan fingerprint density at radius 1 is 1.10 bits per heavy atom. The molecule has 154 valence electrons. The fourth-order valence-corrected chi connectivity index (χ4v) is 3.65. The third kappa shape index (κ3) is 5.04. The SMILES string of the molecule is CCN(CC)CCC(=O)N1N=C(c2ccc(C)cc2)C[C@@H]1c1ccc(OC)cc1. The molecule has 2 aromatic carbocycles. The van der Waals surface area contributed by atoms with E-state index in [-0.39, 0.29) is 11.9 Å². The van der Waals surface area contributed by atoms with Gasteiger partial charge in [0.15, 0.2) is 0 Å². The number of hydrogen-bond donors (Lipinski definition) is 0. The maximum absolute atomic E-state index is 13.1. The van der Waals surface area contributed by atoms with Gasteiger partial charge in [0.25, 0.3) is 0 Å². The van der Waals surface area contributed by atoms with Crippen molar-refractivity contribution < 1.29 is 9.53 Å². The Balaban J connectivity index is 1.84. The Hall–Kier alpha value is -2.66. The number of benzene rings is 2. The summed E-state index contributed by atoms with van der Waals surface area (Å²) >= 11 is 0. The standard InChI is InChI=1S/C24H31N3O2/c1-5-26(6-2)16-15-24(28)27-23(20-11-13-21(29-4)14-12-20)17-22(25-27)19-9-7-18(3)8-10-19/h7-14,23H,5-6,15-17H2,1-4H3/t23-/m1/s1. The molecular formula is C24H31N3O2. The van der Waals surface area contributed by atoms with Crippen LogP contribution in [0.25, 0.3) is 0 Å². The van der Waals surface area contributed by atoms with E-state index < -0.39 is 0 Å². The van der Waals surface area contributed by atoms with Crippen LogP contribution >= 0.6 is 0 Å². The number of hydrogen-bond acceptors (Lipinski definition) is 4. The summed E-state index contributed by atoms with van der Waals surface area (Å²) in [5, 5.41) is 6.46. The van der Waals surface area contributed by atoms with Crippen molar-refractivity contribution in [3.05, 3.63) is 65.2 Å². The van der Waals surface area contributed by atoms with Gasteiger partial charge in [0.2, 0.25) is 5.91 Å². The molecule has 0 saturated carbocycles. The molecule has 0 aliphatic carbocycles. The van der Waals surface area contributed by atoms with E-state index in [1.165, 1.54) is 5.56 Å². The lowest BCUT2D eigenvalue weighted by Crippen LogP contribution is -2.32. The van der Waals surface area contributed by atoms with Gasteiger partial charge in [-0.15, -0.1) is 0 Å². The van der Waals surface area contributed by atoms with Crippen molar-refractivity contribution >= 4 is 11.6 Å². The van der Waals surface area contributed by atoms with Crippen molar-refractivity contribution in [3.8, 4) is 5.75 Å². The Morgan fingerprint density at radius 2 is 1.76 bits per heavy atom. The lowest BCUT2D eigenvalue weighted by atomic mass is 9.98. The second kappa shape index (κ2) is 9.70. The van der Waals surface area contributed by atoms with E-state index in [1.807, 2.05) is 24.3 Å². The molecule has 1 heterocycles. The number of ether oxygens (including phenoxy) is 1. The molecule has 1 aliphatic rings. The van der Waals surface area contributed by atoms with Crippen LogP contribution in [0.15, 0.2) is 53.6 Å². The number of rotatable bonds is 8. The quantitative estimate of drug-likeness (QED) is 0.667. The largest absolute Gasteiger partial charge is 0.497 e. The minimum atomic E-state index is -0.0820. The third-order valence-corrected chi connectivity index (χ3v) is 5.59. The molecular weight excluding hydrogens is 362 g/mol. The van der Waals surface area contributed by atoms with Gasteiger partial charge < -0.3 is 9.64 Å². The molecule has 0 N–H and O–H groups in total. The second-order valence-corrected chi connectivity index (χ2v) is 7.42. The first-order valence-corrected chi connectivity index (χ1v) is 10.4. The molecule has 0 unspecified atom stereocenters. The number of amides is 1. The molecule has 1 amide bonds. The van der Waals surface area contributed by atoms with E-state index >= 15 is 0 Å². The highest BCUT2D eigenvalue weighted by atomic mass is 16.5. The molecule has 2 aromatic rings. The van der Waals surface area contributed by atoms with Gasteiger partial charge in [0.1, 0.15) is 5.75 Å². The maximum atomic E-state index is 13.1. The van der Waals surface area contributed by atoms with Gasteiger partial charge in [0, 0.05) is 19.4 Å². The normalized spacial score (nSPS) is 16.2. The van der Waals surface area contributed by atoms with Crippen molar-refractivity contribution in [3.63, 3.8) is 0 Å². The molecule has 3 rings (SSSR count). The molecule has 1 atom stereocenters. The van der Waals surface area contributed by atoms with Gasteiger partial charge in [-0.05, 0) is 43.3 Å². The van der Waals surface area contributed by atoms with Gasteiger partial charge in [-0.25, -0.2) is 5.01 Å². The molecule has 5 heteroatoms. The highest BCUT2D eigenvalue weighted by Gasteiger charge is 2.33. The predicted molar refractivity (Wildman–Crippen MR) is 117 cm³/mol. The fourth-order valence-electron chi connectivity index (χ4n) is 3.65. The van der Waals surface area contributed by atoms with Crippen LogP contribution in [-0.4, -0.2) is 48.3 Å². The minimum absolute atomic E-state index is 0.0693. The zero-order chi connectivity index (χ0) is 20.8. The van der Waals surface area contributed by atoms with Crippen LogP contribution in [0.2, 0.25) is 0 Å². The smallest absolute Gasteiger partial charge is 0.244 e. The number of carbonyl (C=O) groups excluding carboxylic acids is 1. The van der Waals surface area contributed by atoms with Crippen LogP contribution < -0.4 is 4.74 Å². The monoisotopic (exact) mass is 393 g/mol. The minimum Gasteiger partial charge on any atom is -0.497 e.